The molecule has 170 valence electrons. The lowest BCUT2D eigenvalue weighted by Gasteiger charge is -2.15. The number of aliphatic hydroxyl groups is 2. The highest BCUT2D eigenvalue weighted by atomic mass is 79.9. The SMILES string of the molecule is O[C@H](CNc1ccc(Br)cc1)COc1ccc(OC[C@H](O)CNc2ccc(Br)cc2)cc1. The molecular formula is C24H26Br2N2O4. The van der Waals surface area contributed by atoms with Gasteiger partial charge in [-0.3, -0.25) is 0 Å². The third-order valence-corrected chi connectivity index (χ3v) is 5.54. The van der Waals surface area contributed by atoms with Gasteiger partial charge >= 0.3 is 0 Å². The monoisotopic (exact) mass is 564 g/mol. The molecule has 0 heterocycles. The van der Waals surface area contributed by atoms with E-state index < -0.39 is 12.2 Å². The molecule has 0 spiro atoms. The van der Waals surface area contributed by atoms with Crippen molar-refractivity contribution < 1.29 is 19.7 Å². The lowest BCUT2D eigenvalue weighted by atomic mass is 10.3. The average molecular weight is 566 g/mol. The van der Waals surface area contributed by atoms with E-state index in [1.165, 1.54) is 0 Å². The maximum Gasteiger partial charge on any atom is 0.119 e. The van der Waals surface area contributed by atoms with Crippen LogP contribution in [-0.2, 0) is 0 Å². The second-order valence-electron chi connectivity index (χ2n) is 7.18. The van der Waals surface area contributed by atoms with Crippen LogP contribution in [0.5, 0.6) is 11.5 Å². The summed E-state index contributed by atoms with van der Waals surface area (Å²) in [6, 6.07) is 22.6. The number of anilines is 2. The van der Waals surface area contributed by atoms with Crippen molar-refractivity contribution in [3.63, 3.8) is 0 Å². The standard InChI is InChI=1S/C24H26Br2N2O4/c25-17-1-5-19(6-2-17)27-13-21(29)15-31-23-9-11-24(12-10-23)32-16-22(30)14-28-20-7-3-18(26)4-8-20/h1-12,21-22,27-30H,13-16H2/t21-,22-/m1/s1. The Balaban J connectivity index is 1.33. The Morgan fingerprint density at radius 1 is 0.594 bits per heavy atom. The van der Waals surface area contributed by atoms with E-state index in [-0.39, 0.29) is 13.2 Å². The summed E-state index contributed by atoms with van der Waals surface area (Å²) in [7, 11) is 0. The average Bonchev–Trinajstić information content (AvgIpc) is 2.81. The summed E-state index contributed by atoms with van der Waals surface area (Å²) in [5, 5.41) is 26.6. The number of hydrogen-bond donors (Lipinski definition) is 4. The van der Waals surface area contributed by atoms with E-state index in [0.717, 1.165) is 20.3 Å². The number of ether oxygens (including phenoxy) is 2. The van der Waals surface area contributed by atoms with Gasteiger partial charge in [0.25, 0.3) is 0 Å². The van der Waals surface area contributed by atoms with Crippen molar-refractivity contribution >= 4 is 43.2 Å². The van der Waals surface area contributed by atoms with E-state index in [2.05, 4.69) is 42.5 Å². The molecular weight excluding hydrogens is 540 g/mol. The van der Waals surface area contributed by atoms with Gasteiger partial charge in [-0.05, 0) is 72.8 Å². The van der Waals surface area contributed by atoms with Crippen LogP contribution in [0.25, 0.3) is 0 Å². The van der Waals surface area contributed by atoms with Crippen molar-refractivity contribution in [3.8, 4) is 11.5 Å². The zero-order chi connectivity index (χ0) is 22.8. The molecule has 0 aliphatic rings. The molecule has 3 rings (SSSR count). The van der Waals surface area contributed by atoms with Crippen LogP contribution in [0.4, 0.5) is 11.4 Å². The Morgan fingerprint density at radius 2 is 0.938 bits per heavy atom. The fourth-order valence-electron chi connectivity index (χ4n) is 2.74. The van der Waals surface area contributed by atoms with E-state index in [1.807, 2.05) is 48.5 Å². The molecule has 32 heavy (non-hydrogen) atoms. The molecule has 8 heteroatoms. The topological polar surface area (TPSA) is 83.0 Å². The quantitative estimate of drug-likeness (QED) is 0.250. The Morgan fingerprint density at radius 3 is 1.28 bits per heavy atom. The maximum absolute atomic E-state index is 10.1. The minimum atomic E-state index is -0.650. The van der Waals surface area contributed by atoms with Gasteiger partial charge in [0.1, 0.15) is 36.9 Å². The van der Waals surface area contributed by atoms with Crippen molar-refractivity contribution in [1.82, 2.24) is 0 Å². The Hall–Kier alpha value is -2.26. The molecule has 0 amide bonds. The van der Waals surface area contributed by atoms with Gasteiger partial charge in [0.2, 0.25) is 0 Å². The number of nitrogens with one attached hydrogen (secondary N) is 2. The number of hydrogen-bond acceptors (Lipinski definition) is 6. The van der Waals surface area contributed by atoms with Gasteiger partial charge in [0.05, 0.1) is 0 Å². The lowest BCUT2D eigenvalue weighted by Crippen LogP contribution is -2.26. The van der Waals surface area contributed by atoms with Crippen LogP contribution in [0.3, 0.4) is 0 Å². The minimum Gasteiger partial charge on any atom is -0.491 e. The van der Waals surface area contributed by atoms with Crippen LogP contribution in [0, 0.1) is 0 Å². The van der Waals surface area contributed by atoms with Gasteiger partial charge in [-0.1, -0.05) is 31.9 Å². The second-order valence-corrected chi connectivity index (χ2v) is 9.01. The van der Waals surface area contributed by atoms with Crippen molar-refractivity contribution in [2.75, 3.05) is 36.9 Å². The maximum atomic E-state index is 10.1. The fourth-order valence-corrected chi connectivity index (χ4v) is 3.27. The van der Waals surface area contributed by atoms with Crippen LogP contribution in [-0.4, -0.2) is 48.7 Å². The van der Waals surface area contributed by atoms with E-state index in [0.29, 0.717) is 24.6 Å². The highest BCUT2D eigenvalue weighted by Gasteiger charge is 2.08. The van der Waals surface area contributed by atoms with Crippen LogP contribution in [0.1, 0.15) is 0 Å². The molecule has 4 N–H and O–H groups in total. The summed E-state index contributed by atoms with van der Waals surface area (Å²) in [5.41, 5.74) is 1.87. The second kappa shape index (κ2) is 12.7. The van der Waals surface area contributed by atoms with Crippen molar-refractivity contribution in [2.24, 2.45) is 0 Å². The van der Waals surface area contributed by atoms with Gasteiger partial charge in [-0.15, -0.1) is 0 Å². The number of rotatable bonds is 12. The van der Waals surface area contributed by atoms with Crippen molar-refractivity contribution in [1.29, 1.82) is 0 Å². The summed E-state index contributed by atoms with van der Waals surface area (Å²) in [6.07, 6.45) is -1.30. The minimum absolute atomic E-state index is 0.171. The Bertz CT molecular complexity index is 859. The molecule has 0 aliphatic heterocycles. The Labute approximate surface area is 204 Å². The molecule has 6 nitrogen and oxygen atoms in total. The van der Waals surface area contributed by atoms with Gasteiger partial charge in [-0.25, -0.2) is 0 Å². The first-order valence-corrected chi connectivity index (χ1v) is 11.8. The van der Waals surface area contributed by atoms with Crippen molar-refractivity contribution in [3.05, 3.63) is 81.7 Å². The molecule has 0 aromatic heterocycles. The predicted molar refractivity (Wildman–Crippen MR) is 135 cm³/mol. The normalized spacial score (nSPS) is 12.6. The highest BCUT2D eigenvalue weighted by Crippen LogP contribution is 2.19. The first-order valence-electron chi connectivity index (χ1n) is 10.2. The molecule has 3 aromatic rings. The fraction of sp³-hybridized carbons (Fsp3) is 0.250. The number of benzene rings is 3. The predicted octanol–water partition coefficient (Wildman–Crippen LogP) is 4.92. The van der Waals surface area contributed by atoms with Gasteiger partial charge in [-0.2, -0.15) is 0 Å². The zero-order valence-corrected chi connectivity index (χ0v) is 20.6. The van der Waals surface area contributed by atoms with Crippen LogP contribution in [0.15, 0.2) is 81.7 Å². The smallest absolute Gasteiger partial charge is 0.119 e. The molecule has 0 radical (unpaired) electrons. The molecule has 0 bridgehead atoms. The molecule has 0 fully saturated rings. The molecule has 3 aromatic carbocycles. The highest BCUT2D eigenvalue weighted by molar-refractivity contribution is 9.10. The zero-order valence-electron chi connectivity index (χ0n) is 17.4. The molecule has 0 unspecified atom stereocenters. The summed E-state index contributed by atoms with van der Waals surface area (Å²) in [5.74, 6) is 1.27. The third kappa shape index (κ3) is 8.70. The molecule has 0 saturated carbocycles. The van der Waals surface area contributed by atoms with Crippen LogP contribution in [0.2, 0.25) is 0 Å². The van der Waals surface area contributed by atoms with E-state index in [4.69, 9.17) is 9.47 Å². The molecule has 0 saturated heterocycles. The first-order chi connectivity index (χ1) is 15.5. The summed E-state index contributed by atoms with van der Waals surface area (Å²) in [6.45, 7) is 1.11. The third-order valence-electron chi connectivity index (χ3n) is 4.48. The summed E-state index contributed by atoms with van der Waals surface area (Å²) in [4.78, 5) is 0. The largest absolute Gasteiger partial charge is 0.491 e. The summed E-state index contributed by atoms with van der Waals surface area (Å²) < 4.78 is 13.3. The number of aliphatic hydroxyl groups excluding tert-OH is 2. The van der Waals surface area contributed by atoms with Crippen LogP contribution < -0.4 is 20.1 Å². The lowest BCUT2D eigenvalue weighted by molar-refractivity contribution is 0.115. The van der Waals surface area contributed by atoms with Gasteiger partial charge in [0.15, 0.2) is 0 Å². The van der Waals surface area contributed by atoms with Crippen molar-refractivity contribution in [2.45, 2.75) is 12.2 Å². The van der Waals surface area contributed by atoms with E-state index in [1.54, 1.807) is 24.3 Å². The van der Waals surface area contributed by atoms with Gasteiger partial charge in [0, 0.05) is 33.4 Å². The van der Waals surface area contributed by atoms with E-state index in [9.17, 15) is 10.2 Å². The summed E-state index contributed by atoms with van der Waals surface area (Å²) >= 11 is 6.79. The first kappa shape index (κ1) is 24.4. The molecule has 0 aliphatic carbocycles. The van der Waals surface area contributed by atoms with Gasteiger partial charge < -0.3 is 30.3 Å². The van der Waals surface area contributed by atoms with Crippen LogP contribution >= 0.6 is 31.9 Å². The Kier molecular flexibility index (Phi) is 9.67. The molecule has 2 atom stereocenters. The number of halogens is 2. The van der Waals surface area contributed by atoms with E-state index >= 15 is 0 Å².